The predicted molar refractivity (Wildman–Crippen MR) is 58.2 cm³/mol. The van der Waals surface area contributed by atoms with Gasteiger partial charge in [-0.1, -0.05) is 12.8 Å². The van der Waals surface area contributed by atoms with Crippen LogP contribution in [0, 0.1) is 0 Å². The van der Waals surface area contributed by atoms with Crippen molar-refractivity contribution in [3.63, 3.8) is 0 Å². The lowest BCUT2D eigenvalue weighted by atomic mass is 10.1. The first-order chi connectivity index (χ1) is 7.53. The Morgan fingerprint density at radius 2 is 1.94 bits per heavy atom. The van der Waals surface area contributed by atoms with Crippen LogP contribution < -0.4 is 5.73 Å². The minimum atomic E-state index is -4.02. The molecule has 0 spiro atoms. The van der Waals surface area contributed by atoms with Gasteiger partial charge in [0.05, 0.1) is 0 Å². The van der Waals surface area contributed by atoms with Gasteiger partial charge in [0.1, 0.15) is 0 Å². The Morgan fingerprint density at radius 3 is 2.56 bits per heavy atom. The molecule has 0 aliphatic carbocycles. The zero-order valence-corrected chi connectivity index (χ0v) is 9.60. The van der Waals surface area contributed by atoms with Crippen molar-refractivity contribution in [2.45, 2.75) is 50.7 Å². The number of likely N-dealkylation sites (tertiary alicyclic amines) is 1. The topological polar surface area (TPSA) is 29.3 Å². The number of nitrogens with zero attached hydrogens (tertiary/aromatic N) is 1. The first kappa shape index (κ1) is 13.8. The van der Waals surface area contributed by atoms with E-state index in [1.54, 1.807) is 0 Å². The summed E-state index contributed by atoms with van der Waals surface area (Å²) in [6.45, 7) is 1.99. The van der Waals surface area contributed by atoms with E-state index >= 15 is 0 Å². The van der Waals surface area contributed by atoms with Crippen molar-refractivity contribution < 1.29 is 13.2 Å². The third kappa shape index (κ3) is 5.16. The number of rotatable bonds is 4. The van der Waals surface area contributed by atoms with Gasteiger partial charge in [-0.3, -0.25) is 4.90 Å². The Kier molecular flexibility index (Phi) is 5.55. The Hall–Kier alpha value is -0.290. The van der Waals surface area contributed by atoms with Crippen molar-refractivity contribution in [2.75, 3.05) is 19.6 Å². The summed E-state index contributed by atoms with van der Waals surface area (Å²) in [4.78, 5) is 2.14. The van der Waals surface area contributed by atoms with E-state index in [1.807, 2.05) is 0 Å². The highest BCUT2D eigenvalue weighted by Gasteiger charge is 2.27. The van der Waals surface area contributed by atoms with E-state index in [2.05, 4.69) is 4.90 Å². The van der Waals surface area contributed by atoms with E-state index in [9.17, 15) is 13.2 Å². The molecule has 1 fully saturated rings. The molecule has 16 heavy (non-hydrogen) atoms. The molecule has 2 N–H and O–H groups in total. The van der Waals surface area contributed by atoms with Gasteiger partial charge < -0.3 is 5.73 Å². The zero-order valence-electron chi connectivity index (χ0n) is 9.60. The van der Waals surface area contributed by atoms with Crippen molar-refractivity contribution in [3.05, 3.63) is 0 Å². The van der Waals surface area contributed by atoms with Crippen molar-refractivity contribution in [1.29, 1.82) is 0 Å². The van der Waals surface area contributed by atoms with Gasteiger partial charge in [-0.25, -0.2) is 0 Å². The molecule has 1 saturated heterocycles. The van der Waals surface area contributed by atoms with Crippen molar-refractivity contribution in [2.24, 2.45) is 5.73 Å². The normalized spacial score (nSPS) is 24.4. The van der Waals surface area contributed by atoms with Crippen LogP contribution >= 0.6 is 0 Å². The molecule has 1 rings (SSSR count). The Balaban J connectivity index is 2.31. The monoisotopic (exact) mass is 238 g/mol. The molecule has 0 aromatic rings. The summed E-state index contributed by atoms with van der Waals surface area (Å²) < 4.78 is 36.1. The molecule has 96 valence electrons. The van der Waals surface area contributed by atoms with Gasteiger partial charge in [0.2, 0.25) is 0 Å². The van der Waals surface area contributed by atoms with Crippen molar-refractivity contribution in [1.82, 2.24) is 4.90 Å². The summed E-state index contributed by atoms with van der Waals surface area (Å²) in [6, 6.07) is 0.288. The second kappa shape index (κ2) is 6.45. The van der Waals surface area contributed by atoms with Gasteiger partial charge in [0.15, 0.2) is 0 Å². The molecule has 5 heteroatoms. The summed E-state index contributed by atoms with van der Waals surface area (Å²) in [5.74, 6) is 0. The average molecular weight is 238 g/mol. The fourth-order valence-corrected chi connectivity index (χ4v) is 2.28. The van der Waals surface area contributed by atoms with Gasteiger partial charge in [-0.2, -0.15) is 13.2 Å². The summed E-state index contributed by atoms with van der Waals surface area (Å²) >= 11 is 0. The highest BCUT2D eigenvalue weighted by molar-refractivity contribution is 4.76. The van der Waals surface area contributed by atoms with Crippen molar-refractivity contribution >= 4 is 0 Å². The maximum Gasteiger partial charge on any atom is 0.389 e. The predicted octanol–water partition coefficient (Wildman–Crippen LogP) is 2.53. The second-order valence-corrected chi connectivity index (χ2v) is 4.49. The van der Waals surface area contributed by atoms with Gasteiger partial charge in [-0.05, 0) is 32.4 Å². The molecule has 1 aliphatic heterocycles. The lowest BCUT2D eigenvalue weighted by molar-refractivity contribution is -0.136. The van der Waals surface area contributed by atoms with Gasteiger partial charge >= 0.3 is 6.18 Å². The van der Waals surface area contributed by atoms with Gasteiger partial charge in [0.25, 0.3) is 0 Å². The molecule has 2 nitrogen and oxygen atoms in total. The smallest absolute Gasteiger partial charge is 0.329 e. The molecular formula is C11H21F3N2. The fraction of sp³-hybridized carbons (Fsp3) is 1.00. The average Bonchev–Trinajstić information content (AvgIpc) is 2.41. The first-order valence-electron chi connectivity index (χ1n) is 6.04. The van der Waals surface area contributed by atoms with E-state index < -0.39 is 12.6 Å². The summed E-state index contributed by atoms with van der Waals surface area (Å²) in [5, 5.41) is 0. The molecule has 1 atom stereocenters. The Morgan fingerprint density at radius 1 is 1.19 bits per heavy atom. The van der Waals surface area contributed by atoms with Crippen molar-refractivity contribution in [3.8, 4) is 0 Å². The summed E-state index contributed by atoms with van der Waals surface area (Å²) in [6.07, 6.45) is -0.0696. The third-order valence-corrected chi connectivity index (χ3v) is 3.18. The van der Waals surface area contributed by atoms with Gasteiger partial charge in [0, 0.05) is 19.0 Å². The lowest BCUT2D eigenvalue weighted by Gasteiger charge is -2.28. The van der Waals surface area contributed by atoms with Crippen LogP contribution in [-0.2, 0) is 0 Å². The maximum atomic E-state index is 12.0. The minimum absolute atomic E-state index is 0.194. The van der Waals surface area contributed by atoms with Crippen LogP contribution in [0.15, 0.2) is 0 Å². The molecule has 1 aliphatic rings. The zero-order chi connectivity index (χ0) is 12.0. The summed E-state index contributed by atoms with van der Waals surface area (Å²) in [7, 11) is 0. The second-order valence-electron chi connectivity index (χ2n) is 4.49. The number of hydrogen-bond acceptors (Lipinski definition) is 2. The number of nitrogens with two attached hydrogens (primary N) is 1. The number of alkyl halides is 3. The fourth-order valence-electron chi connectivity index (χ4n) is 2.28. The molecule has 0 saturated carbocycles. The molecule has 1 unspecified atom stereocenters. The molecule has 1 heterocycles. The minimum Gasteiger partial charge on any atom is -0.329 e. The highest BCUT2D eigenvalue weighted by Crippen LogP contribution is 2.23. The molecule has 0 bridgehead atoms. The molecule has 0 amide bonds. The SMILES string of the molecule is NCC1CCCCCN1CCCC(F)(F)F. The first-order valence-corrected chi connectivity index (χ1v) is 6.04. The lowest BCUT2D eigenvalue weighted by Crippen LogP contribution is -2.40. The van der Waals surface area contributed by atoms with Gasteiger partial charge in [-0.15, -0.1) is 0 Å². The van der Waals surface area contributed by atoms with Crippen LogP contribution in [0.5, 0.6) is 0 Å². The van der Waals surface area contributed by atoms with E-state index in [1.165, 1.54) is 6.42 Å². The van der Waals surface area contributed by atoms with Crippen LogP contribution in [-0.4, -0.2) is 36.8 Å². The van der Waals surface area contributed by atoms with Crippen LogP contribution in [0.3, 0.4) is 0 Å². The molecule has 0 aromatic carbocycles. The van der Waals surface area contributed by atoms with E-state index in [-0.39, 0.29) is 12.5 Å². The number of halogens is 3. The highest BCUT2D eigenvalue weighted by atomic mass is 19.4. The third-order valence-electron chi connectivity index (χ3n) is 3.18. The van der Waals surface area contributed by atoms with E-state index in [0.717, 1.165) is 25.8 Å². The Bertz CT molecular complexity index is 194. The van der Waals surface area contributed by atoms with Crippen LogP contribution in [0.1, 0.15) is 38.5 Å². The van der Waals surface area contributed by atoms with Crippen LogP contribution in [0.25, 0.3) is 0 Å². The van der Waals surface area contributed by atoms with Crippen LogP contribution in [0.2, 0.25) is 0 Å². The maximum absolute atomic E-state index is 12.0. The largest absolute Gasteiger partial charge is 0.389 e. The van der Waals surface area contributed by atoms with Crippen LogP contribution in [0.4, 0.5) is 13.2 Å². The Labute approximate surface area is 95.0 Å². The van der Waals surface area contributed by atoms with E-state index in [0.29, 0.717) is 13.1 Å². The summed E-state index contributed by atoms with van der Waals surface area (Å²) in [5.41, 5.74) is 5.66. The molecule has 0 aromatic heterocycles. The standard InChI is InChI=1S/C11H21F3N2/c12-11(13,14)6-4-8-16-7-3-1-2-5-10(16)9-15/h10H,1-9,15H2. The molecular weight excluding hydrogens is 217 g/mol. The number of hydrogen-bond donors (Lipinski definition) is 1. The van der Waals surface area contributed by atoms with E-state index in [4.69, 9.17) is 5.73 Å². The quantitative estimate of drug-likeness (QED) is 0.815. The molecule has 0 radical (unpaired) electrons.